The minimum Gasteiger partial charge on any atom is -0.506 e. The number of nitrogens with two attached hydrogens (primary N) is 1. The van der Waals surface area contributed by atoms with E-state index in [2.05, 4.69) is 21.2 Å². The molecule has 4 nitrogen and oxygen atoms in total. The van der Waals surface area contributed by atoms with E-state index in [9.17, 15) is 9.90 Å². The second kappa shape index (κ2) is 3.75. The van der Waals surface area contributed by atoms with Crippen LogP contribution in [0.25, 0.3) is 0 Å². The third kappa shape index (κ3) is 1.92. The van der Waals surface area contributed by atoms with Gasteiger partial charge in [-0.15, -0.1) is 0 Å². The fraction of sp³-hybridized carbons (Fsp3) is 0.364. The molecule has 0 bridgehead atoms. The number of hydrogen-bond donors (Lipinski definition) is 3. The number of anilines is 1. The number of halogens is 1. The van der Waals surface area contributed by atoms with Gasteiger partial charge in [0.25, 0.3) is 0 Å². The molecule has 0 spiro atoms. The molecule has 0 heterocycles. The fourth-order valence-corrected chi connectivity index (χ4v) is 2.47. The Bertz CT molecular complexity index is 456. The largest absolute Gasteiger partial charge is 0.506 e. The van der Waals surface area contributed by atoms with E-state index in [0.717, 1.165) is 22.9 Å². The summed E-state index contributed by atoms with van der Waals surface area (Å²) in [5.41, 5.74) is 6.90. The first-order valence-electron chi connectivity index (χ1n) is 5.02. The van der Waals surface area contributed by atoms with Gasteiger partial charge in [0.1, 0.15) is 5.75 Å². The van der Waals surface area contributed by atoms with Crippen molar-refractivity contribution in [3.8, 4) is 5.75 Å². The lowest BCUT2D eigenvalue weighted by Gasteiger charge is -2.18. The maximum absolute atomic E-state index is 11.1. The zero-order valence-electron chi connectivity index (χ0n) is 8.88. The van der Waals surface area contributed by atoms with E-state index in [-0.39, 0.29) is 11.7 Å². The standard InChI is InChI=1S/C11H13BrN2O2/c1-6(15)14-10-8(16)3-2-7(12)9(10)11(13)4-5-11/h2-3,16H,4-5,13H2,1H3,(H,14,15). The van der Waals surface area contributed by atoms with Crippen molar-refractivity contribution in [3.05, 3.63) is 22.2 Å². The predicted octanol–water partition coefficient (Wildman–Crippen LogP) is 2.06. The Labute approximate surface area is 102 Å². The molecule has 0 radical (unpaired) electrons. The minimum absolute atomic E-state index is 0.0464. The Morgan fingerprint density at radius 2 is 2.19 bits per heavy atom. The first-order chi connectivity index (χ1) is 7.44. The lowest BCUT2D eigenvalue weighted by atomic mass is 10.0. The van der Waals surface area contributed by atoms with Crippen LogP contribution in [0, 0.1) is 0 Å². The zero-order valence-corrected chi connectivity index (χ0v) is 10.5. The van der Waals surface area contributed by atoms with E-state index >= 15 is 0 Å². The third-order valence-electron chi connectivity index (χ3n) is 2.72. The number of carbonyl (C=O) groups excluding carboxylic acids is 1. The number of benzene rings is 1. The molecule has 0 aromatic heterocycles. The first-order valence-corrected chi connectivity index (χ1v) is 5.82. The van der Waals surface area contributed by atoms with Gasteiger partial charge in [0.15, 0.2) is 0 Å². The Morgan fingerprint density at radius 3 is 2.69 bits per heavy atom. The van der Waals surface area contributed by atoms with Gasteiger partial charge in [-0.25, -0.2) is 0 Å². The van der Waals surface area contributed by atoms with Gasteiger partial charge in [-0.05, 0) is 25.0 Å². The van der Waals surface area contributed by atoms with Crippen LogP contribution in [0.5, 0.6) is 5.75 Å². The summed E-state index contributed by atoms with van der Waals surface area (Å²) >= 11 is 3.40. The number of phenolic OH excluding ortho intramolecular Hbond substituents is 1. The summed E-state index contributed by atoms with van der Waals surface area (Å²) in [5, 5.41) is 12.4. The molecule has 5 heteroatoms. The summed E-state index contributed by atoms with van der Waals surface area (Å²) in [6.07, 6.45) is 1.73. The van der Waals surface area contributed by atoms with E-state index in [1.807, 2.05) is 0 Å². The molecule has 4 N–H and O–H groups in total. The van der Waals surface area contributed by atoms with Crippen LogP contribution in [0.1, 0.15) is 25.3 Å². The highest BCUT2D eigenvalue weighted by molar-refractivity contribution is 9.10. The summed E-state index contributed by atoms with van der Waals surface area (Å²) in [6.45, 7) is 1.40. The molecule has 16 heavy (non-hydrogen) atoms. The number of phenols is 1. The van der Waals surface area contributed by atoms with E-state index < -0.39 is 5.54 Å². The quantitative estimate of drug-likeness (QED) is 0.728. The van der Waals surface area contributed by atoms with Crippen LogP contribution in [-0.2, 0) is 10.3 Å². The summed E-state index contributed by atoms with van der Waals surface area (Å²) < 4.78 is 0.814. The van der Waals surface area contributed by atoms with Crippen molar-refractivity contribution in [2.24, 2.45) is 5.73 Å². The van der Waals surface area contributed by atoms with Crippen molar-refractivity contribution in [2.45, 2.75) is 25.3 Å². The molecule has 2 rings (SSSR count). The van der Waals surface area contributed by atoms with Crippen LogP contribution in [-0.4, -0.2) is 11.0 Å². The van der Waals surface area contributed by atoms with Crippen LogP contribution in [0.15, 0.2) is 16.6 Å². The molecular formula is C11H13BrN2O2. The smallest absolute Gasteiger partial charge is 0.221 e. The van der Waals surface area contributed by atoms with E-state index in [4.69, 9.17) is 5.73 Å². The van der Waals surface area contributed by atoms with Gasteiger partial charge < -0.3 is 16.2 Å². The van der Waals surface area contributed by atoms with Crippen LogP contribution < -0.4 is 11.1 Å². The fourth-order valence-electron chi connectivity index (χ4n) is 1.74. The number of hydrogen-bond acceptors (Lipinski definition) is 3. The van der Waals surface area contributed by atoms with E-state index in [0.29, 0.717) is 5.69 Å². The molecule has 0 aliphatic heterocycles. The van der Waals surface area contributed by atoms with E-state index in [1.165, 1.54) is 13.0 Å². The van der Waals surface area contributed by atoms with Crippen molar-refractivity contribution in [2.75, 3.05) is 5.32 Å². The molecule has 86 valence electrons. The molecule has 0 saturated heterocycles. The van der Waals surface area contributed by atoms with Gasteiger partial charge >= 0.3 is 0 Å². The lowest BCUT2D eigenvalue weighted by Crippen LogP contribution is -2.22. The topological polar surface area (TPSA) is 75.3 Å². The Morgan fingerprint density at radius 1 is 1.56 bits per heavy atom. The normalized spacial score (nSPS) is 16.9. The molecular weight excluding hydrogens is 272 g/mol. The van der Waals surface area contributed by atoms with Crippen LogP contribution in [0.4, 0.5) is 5.69 Å². The predicted molar refractivity (Wildman–Crippen MR) is 65.2 cm³/mol. The van der Waals surface area contributed by atoms with Gasteiger partial charge in [-0.3, -0.25) is 4.79 Å². The number of amides is 1. The van der Waals surface area contributed by atoms with Crippen molar-refractivity contribution in [3.63, 3.8) is 0 Å². The summed E-state index contributed by atoms with van der Waals surface area (Å²) in [4.78, 5) is 11.1. The monoisotopic (exact) mass is 284 g/mol. The SMILES string of the molecule is CC(=O)Nc1c(O)ccc(Br)c1C1(N)CC1. The number of aromatic hydroxyl groups is 1. The van der Waals surface area contributed by atoms with Gasteiger partial charge in [0.05, 0.1) is 5.69 Å². The lowest BCUT2D eigenvalue weighted by molar-refractivity contribution is -0.114. The second-order valence-electron chi connectivity index (χ2n) is 4.15. The van der Waals surface area contributed by atoms with Crippen molar-refractivity contribution < 1.29 is 9.90 Å². The first kappa shape index (κ1) is 11.4. The second-order valence-corrected chi connectivity index (χ2v) is 5.01. The van der Waals surface area contributed by atoms with Crippen LogP contribution in [0.2, 0.25) is 0 Å². The Kier molecular flexibility index (Phi) is 2.67. The molecule has 1 saturated carbocycles. The number of rotatable bonds is 2. The average molecular weight is 285 g/mol. The van der Waals surface area contributed by atoms with Gasteiger partial charge in [-0.2, -0.15) is 0 Å². The highest BCUT2D eigenvalue weighted by Crippen LogP contribution is 2.50. The van der Waals surface area contributed by atoms with Crippen molar-refractivity contribution in [1.82, 2.24) is 0 Å². The highest BCUT2D eigenvalue weighted by atomic mass is 79.9. The zero-order chi connectivity index (χ0) is 11.9. The van der Waals surface area contributed by atoms with Crippen molar-refractivity contribution in [1.29, 1.82) is 0 Å². The van der Waals surface area contributed by atoms with Crippen molar-refractivity contribution >= 4 is 27.5 Å². The molecule has 1 aliphatic carbocycles. The molecule has 1 aromatic rings. The van der Waals surface area contributed by atoms with Gasteiger partial charge in [0, 0.05) is 22.5 Å². The average Bonchev–Trinajstić information content (AvgIpc) is 2.90. The minimum atomic E-state index is -0.421. The summed E-state index contributed by atoms with van der Waals surface area (Å²) in [7, 11) is 0. The Balaban J connectivity index is 2.55. The van der Waals surface area contributed by atoms with Crippen LogP contribution >= 0.6 is 15.9 Å². The molecule has 0 atom stereocenters. The van der Waals surface area contributed by atoms with Crippen LogP contribution in [0.3, 0.4) is 0 Å². The van der Waals surface area contributed by atoms with E-state index in [1.54, 1.807) is 6.07 Å². The van der Waals surface area contributed by atoms with Gasteiger partial charge in [0.2, 0.25) is 5.91 Å². The maximum atomic E-state index is 11.1. The Hall–Kier alpha value is -1.07. The molecule has 1 aromatic carbocycles. The highest BCUT2D eigenvalue weighted by Gasteiger charge is 2.44. The molecule has 1 amide bonds. The maximum Gasteiger partial charge on any atom is 0.221 e. The number of carbonyl (C=O) groups is 1. The molecule has 0 unspecified atom stereocenters. The third-order valence-corrected chi connectivity index (χ3v) is 3.38. The van der Waals surface area contributed by atoms with Gasteiger partial charge in [-0.1, -0.05) is 15.9 Å². The summed E-state index contributed by atoms with van der Waals surface area (Å²) in [5.74, 6) is -0.177. The summed E-state index contributed by atoms with van der Waals surface area (Å²) in [6, 6.07) is 3.27. The molecule has 1 aliphatic rings. The number of nitrogens with one attached hydrogen (secondary N) is 1. The molecule has 1 fully saturated rings.